The molecule has 0 aliphatic carbocycles. The van der Waals surface area contributed by atoms with Gasteiger partial charge in [-0.3, -0.25) is 4.40 Å². The van der Waals surface area contributed by atoms with E-state index in [1.807, 2.05) is 71.4 Å². The van der Waals surface area contributed by atoms with E-state index in [4.69, 9.17) is 21.6 Å². The van der Waals surface area contributed by atoms with Crippen molar-refractivity contribution in [2.45, 2.75) is 26.7 Å². The topological polar surface area (TPSA) is 64.3 Å². The number of aromatic nitrogens is 3. The number of hydrogen-bond acceptors (Lipinski definition) is 5. The van der Waals surface area contributed by atoms with Crippen LogP contribution in [0.5, 0.6) is 0 Å². The molecule has 0 saturated heterocycles. The number of sulfone groups is 1. The predicted molar refractivity (Wildman–Crippen MR) is 158 cm³/mol. The second-order valence-corrected chi connectivity index (χ2v) is 13.2. The van der Waals surface area contributed by atoms with Crippen LogP contribution in [0.25, 0.3) is 44.3 Å². The molecule has 0 fully saturated rings. The fraction of sp³-hybridized carbons (Fsp3) is 0.200. The van der Waals surface area contributed by atoms with Crippen molar-refractivity contribution in [2.75, 3.05) is 11.5 Å². The molecule has 198 valence electrons. The zero-order valence-electron chi connectivity index (χ0n) is 21.4. The lowest BCUT2D eigenvalue weighted by Crippen LogP contribution is -2.15. The van der Waals surface area contributed by atoms with Crippen molar-refractivity contribution in [3.05, 3.63) is 93.8 Å². The Morgan fingerprint density at radius 1 is 1.03 bits per heavy atom. The van der Waals surface area contributed by atoms with Crippen LogP contribution >= 0.6 is 22.9 Å². The third-order valence-corrected chi connectivity index (χ3v) is 9.81. The average Bonchev–Trinajstić information content (AvgIpc) is 3.55. The summed E-state index contributed by atoms with van der Waals surface area (Å²) in [7, 11) is -3.03. The number of hydrogen-bond donors (Lipinski definition) is 0. The van der Waals surface area contributed by atoms with E-state index in [0.717, 1.165) is 44.3 Å². The fourth-order valence-corrected chi connectivity index (χ4v) is 7.20. The van der Waals surface area contributed by atoms with Crippen LogP contribution in [0, 0.1) is 12.7 Å². The summed E-state index contributed by atoms with van der Waals surface area (Å²) in [6.07, 6.45) is 4.84. The molecule has 1 aliphatic rings. The highest BCUT2D eigenvalue weighted by atomic mass is 35.5. The van der Waals surface area contributed by atoms with Gasteiger partial charge in [0.25, 0.3) is 0 Å². The van der Waals surface area contributed by atoms with Gasteiger partial charge in [-0.1, -0.05) is 42.8 Å². The molecule has 9 heteroatoms. The van der Waals surface area contributed by atoms with Crippen LogP contribution < -0.4 is 0 Å². The molecule has 0 saturated carbocycles. The highest BCUT2D eigenvalue weighted by molar-refractivity contribution is 7.91. The molecule has 5 aromatic rings. The zero-order chi connectivity index (χ0) is 27.3. The molecule has 2 aromatic carbocycles. The van der Waals surface area contributed by atoms with Crippen molar-refractivity contribution in [3.8, 4) is 33.1 Å². The summed E-state index contributed by atoms with van der Waals surface area (Å²) in [4.78, 5) is 9.55. The predicted octanol–water partition coefficient (Wildman–Crippen LogP) is 7.66. The second kappa shape index (κ2) is 10.0. The SMILES string of the molecule is CCc1nc2ccc(C3=CCS(=O)(=O)CC3)cn2c1-c1ccc(-c2nc(-c3ccc(Cl)cc3)cs2)c(C)c1F. The molecular formula is C30H25ClFN3O2S2. The van der Waals surface area contributed by atoms with Crippen LogP contribution in [-0.4, -0.2) is 34.3 Å². The Morgan fingerprint density at radius 3 is 2.49 bits per heavy atom. The van der Waals surface area contributed by atoms with Gasteiger partial charge in [-0.15, -0.1) is 11.3 Å². The van der Waals surface area contributed by atoms with Crippen molar-refractivity contribution in [1.29, 1.82) is 0 Å². The molecule has 0 radical (unpaired) electrons. The molecule has 0 atom stereocenters. The molecule has 4 heterocycles. The second-order valence-electron chi connectivity index (χ2n) is 9.64. The van der Waals surface area contributed by atoms with Gasteiger partial charge in [-0.25, -0.2) is 22.8 Å². The fourth-order valence-electron chi connectivity index (χ4n) is 5.01. The van der Waals surface area contributed by atoms with Gasteiger partial charge in [0.1, 0.15) is 16.5 Å². The monoisotopic (exact) mass is 577 g/mol. The van der Waals surface area contributed by atoms with Crippen molar-refractivity contribution < 1.29 is 12.8 Å². The van der Waals surface area contributed by atoms with Crippen LogP contribution in [0.3, 0.4) is 0 Å². The van der Waals surface area contributed by atoms with E-state index in [2.05, 4.69) is 0 Å². The number of aryl methyl sites for hydroxylation is 1. The average molecular weight is 578 g/mol. The number of thiazole rings is 1. The first-order valence-corrected chi connectivity index (χ1v) is 15.7. The van der Waals surface area contributed by atoms with Crippen molar-refractivity contribution >= 4 is 44.0 Å². The van der Waals surface area contributed by atoms with Crippen molar-refractivity contribution in [1.82, 2.24) is 14.4 Å². The van der Waals surface area contributed by atoms with Gasteiger partial charge in [0, 0.05) is 33.3 Å². The Bertz CT molecular complexity index is 1870. The molecular weight excluding hydrogens is 553 g/mol. The quantitative estimate of drug-likeness (QED) is 0.215. The first-order valence-electron chi connectivity index (χ1n) is 12.7. The number of halogens is 2. The van der Waals surface area contributed by atoms with Crippen LogP contribution in [0.2, 0.25) is 5.02 Å². The minimum absolute atomic E-state index is 0.0448. The molecule has 5 nitrogen and oxygen atoms in total. The largest absolute Gasteiger partial charge is 0.299 e. The van der Waals surface area contributed by atoms with Crippen molar-refractivity contribution in [2.24, 2.45) is 0 Å². The first kappa shape index (κ1) is 25.9. The number of allylic oxidation sites excluding steroid dienone is 1. The number of rotatable bonds is 5. The normalized spacial score (nSPS) is 15.0. The lowest BCUT2D eigenvalue weighted by molar-refractivity contribution is 0.597. The maximum Gasteiger partial charge on any atom is 0.154 e. The summed E-state index contributed by atoms with van der Waals surface area (Å²) >= 11 is 7.50. The van der Waals surface area contributed by atoms with Gasteiger partial charge >= 0.3 is 0 Å². The number of pyridine rings is 1. The van der Waals surface area contributed by atoms with E-state index >= 15 is 4.39 Å². The van der Waals surface area contributed by atoms with Crippen LogP contribution in [0.1, 0.15) is 30.2 Å². The summed E-state index contributed by atoms with van der Waals surface area (Å²) in [5.74, 6) is -0.122. The van der Waals surface area contributed by atoms with Crippen molar-refractivity contribution in [3.63, 3.8) is 0 Å². The Morgan fingerprint density at radius 2 is 1.77 bits per heavy atom. The van der Waals surface area contributed by atoms with Gasteiger partial charge in [0.15, 0.2) is 9.84 Å². The van der Waals surface area contributed by atoms with E-state index in [1.165, 1.54) is 11.3 Å². The molecule has 0 bridgehead atoms. The summed E-state index contributed by atoms with van der Waals surface area (Å²) in [6, 6.07) is 15.1. The molecule has 0 amide bonds. The minimum atomic E-state index is -3.03. The van der Waals surface area contributed by atoms with Gasteiger partial charge in [0.2, 0.25) is 0 Å². The Labute approximate surface area is 235 Å². The van der Waals surface area contributed by atoms with Gasteiger partial charge in [-0.2, -0.15) is 0 Å². The van der Waals surface area contributed by atoms with Crippen LogP contribution in [-0.2, 0) is 16.3 Å². The van der Waals surface area contributed by atoms with E-state index < -0.39 is 9.84 Å². The molecule has 6 rings (SSSR count). The van der Waals surface area contributed by atoms with Crippen LogP contribution in [0.15, 0.2) is 66.2 Å². The Kier molecular flexibility index (Phi) is 6.65. The van der Waals surface area contributed by atoms with E-state index in [0.29, 0.717) is 34.7 Å². The van der Waals surface area contributed by atoms with Gasteiger partial charge in [-0.05, 0) is 66.8 Å². The zero-order valence-corrected chi connectivity index (χ0v) is 23.8. The highest BCUT2D eigenvalue weighted by Gasteiger charge is 2.22. The van der Waals surface area contributed by atoms with Crippen LogP contribution in [0.4, 0.5) is 4.39 Å². The lowest BCUT2D eigenvalue weighted by Gasteiger charge is -2.15. The van der Waals surface area contributed by atoms with E-state index in [-0.39, 0.29) is 17.3 Å². The summed E-state index contributed by atoms with van der Waals surface area (Å²) in [5, 5.41) is 3.38. The van der Waals surface area contributed by atoms with E-state index in [9.17, 15) is 8.42 Å². The first-order chi connectivity index (χ1) is 18.7. The number of fused-ring (bicyclic) bond motifs is 1. The molecule has 0 N–H and O–H groups in total. The molecule has 1 aliphatic heterocycles. The third-order valence-electron chi connectivity index (χ3n) is 7.18. The molecule has 3 aromatic heterocycles. The summed E-state index contributed by atoms with van der Waals surface area (Å²) in [5.41, 5.74) is 7.68. The molecule has 39 heavy (non-hydrogen) atoms. The standard InChI is InChI=1S/C30H25ClFN3O2S2/c1-3-25-29(35-16-21(6-11-27(35)33-25)19-12-14-39(36,37)15-13-19)24-10-9-23(18(2)28(24)32)30-34-26(17-38-30)20-4-7-22(31)8-5-20/h4-12,16-17H,3,13-15H2,1-2H3. The van der Waals surface area contributed by atoms with E-state index in [1.54, 1.807) is 13.0 Å². The Balaban J connectivity index is 1.42. The maximum absolute atomic E-state index is 16.1. The Hall–Kier alpha value is -3.33. The molecule has 0 unspecified atom stereocenters. The number of imidazole rings is 1. The minimum Gasteiger partial charge on any atom is -0.299 e. The molecule has 0 spiro atoms. The maximum atomic E-state index is 16.1. The third kappa shape index (κ3) is 4.81. The van der Waals surface area contributed by atoms with Gasteiger partial charge < -0.3 is 0 Å². The number of benzene rings is 2. The van der Waals surface area contributed by atoms with Gasteiger partial charge in [0.05, 0.1) is 28.6 Å². The lowest BCUT2D eigenvalue weighted by atomic mass is 10.0. The summed E-state index contributed by atoms with van der Waals surface area (Å²) in [6.45, 7) is 3.79. The smallest absolute Gasteiger partial charge is 0.154 e. The summed E-state index contributed by atoms with van der Waals surface area (Å²) < 4.78 is 41.8. The number of nitrogens with zero attached hydrogens (tertiary/aromatic N) is 3. The highest BCUT2D eigenvalue weighted by Crippen LogP contribution is 2.37.